The monoisotopic (exact) mass is 165 g/mol. The normalized spacial score (nSPS) is 11.9. The van der Waals surface area contributed by atoms with Crippen molar-refractivity contribution >= 4 is 23.6 Å². The average molecular weight is 166 g/mol. The first-order chi connectivity index (χ1) is 4.57. The second-order valence-electron chi connectivity index (χ2n) is 1.60. The number of rotatable bonds is 1. The lowest BCUT2D eigenvalue weighted by atomic mass is 10.4. The zero-order valence-electron chi connectivity index (χ0n) is 5.68. The summed E-state index contributed by atoms with van der Waals surface area (Å²) in [6, 6.07) is 0. The first-order valence-electron chi connectivity index (χ1n) is 2.60. The smallest absolute Gasteiger partial charge is 0.413 e. The van der Waals surface area contributed by atoms with Crippen molar-refractivity contribution < 1.29 is 14.3 Å². The van der Waals surface area contributed by atoms with Gasteiger partial charge in [0, 0.05) is 0 Å². The van der Waals surface area contributed by atoms with Gasteiger partial charge in [0.05, 0.1) is 7.11 Å². The molecule has 2 amide bonds. The molecule has 0 saturated heterocycles. The lowest BCUT2D eigenvalue weighted by Crippen LogP contribution is -2.34. The maximum Gasteiger partial charge on any atom is 0.413 e. The Morgan fingerprint density at radius 2 is 2.10 bits per heavy atom. The van der Waals surface area contributed by atoms with Crippen LogP contribution in [0.25, 0.3) is 0 Å². The summed E-state index contributed by atoms with van der Waals surface area (Å²) in [5, 5.41) is 1.17. The van der Waals surface area contributed by atoms with Gasteiger partial charge in [-0.3, -0.25) is 10.1 Å². The molecular formula is C5H8ClNO3. The van der Waals surface area contributed by atoms with Crippen molar-refractivity contribution in [3.8, 4) is 0 Å². The van der Waals surface area contributed by atoms with Crippen molar-refractivity contribution in [2.75, 3.05) is 7.11 Å². The van der Waals surface area contributed by atoms with Crippen LogP contribution in [-0.4, -0.2) is 24.5 Å². The van der Waals surface area contributed by atoms with E-state index >= 15 is 0 Å². The van der Waals surface area contributed by atoms with Crippen molar-refractivity contribution in [1.29, 1.82) is 0 Å². The molecule has 0 spiro atoms. The number of nitrogens with one attached hydrogen (secondary N) is 1. The highest BCUT2D eigenvalue weighted by atomic mass is 35.5. The lowest BCUT2D eigenvalue weighted by Gasteiger charge is -2.01. The molecule has 0 aromatic rings. The molecule has 0 saturated carbocycles. The van der Waals surface area contributed by atoms with E-state index in [1.165, 1.54) is 14.0 Å². The molecule has 1 N–H and O–H groups in total. The Hall–Kier alpha value is -0.770. The third-order valence-corrected chi connectivity index (χ3v) is 0.970. The maximum atomic E-state index is 10.6. The summed E-state index contributed by atoms with van der Waals surface area (Å²) < 4.78 is 4.14. The topological polar surface area (TPSA) is 55.4 Å². The second-order valence-corrected chi connectivity index (χ2v) is 2.25. The summed E-state index contributed by atoms with van der Waals surface area (Å²) in [6.07, 6.45) is -0.794. The van der Waals surface area contributed by atoms with Crippen LogP contribution in [0.3, 0.4) is 0 Å². The lowest BCUT2D eigenvalue weighted by molar-refractivity contribution is -0.119. The van der Waals surface area contributed by atoms with E-state index in [1.807, 2.05) is 5.32 Å². The van der Waals surface area contributed by atoms with E-state index in [9.17, 15) is 9.59 Å². The Bertz CT molecular complexity index is 146. The quantitative estimate of drug-likeness (QED) is 0.576. The summed E-state index contributed by atoms with van der Waals surface area (Å²) in [4.78, 5) is 20.9. The molecule has 0 rings (SSSR count). The maximum absolute atomic E-state index is 10.6. The summed E-state index contributed by atoms with van der Waals surface area (Å²) >= 11 is 5.31. The average Bonchev–Trinajstić information content (AvgIpc) is 1.87. The van der Waals surface area contributed by atoms with Crippen molar-refractivity contribution in [2.45, 2.75) is 12.3 Å². The number of halogens is 1. The molecule has 0 aromatic carbocycles. The Morgan fingerprint density at radius 1 is 1.60 bits per heavy atom. The molecule has 0 aromatic heterocycles. The molecule has 1 unspecified atom stereocenters. The number of ether oxygens (including phenoxy) is 1. The summed E-state index contributed by atoms with van der Waals surface area (Å²) in [6.45, 7) is 1.46. The van der Waals surface area contributed by atoms with Crippen LogP contribution in [0, 0.1) is 0 Å². The zero-order valence-corrected chi connectivity index (χ0v) is 6.44. The Morgan fingerprint density at radius 3 is 2.40 bits per heavy atom. The summed E-state index contributed by atoms with van der Waals surface area (Å²) in [7, 11) is 1.17. The molecule has 58 valence electrons. The van der Waals surface area contributed by atoms with Crippen molar-refractivity contribution in [2.24, 2.45) is 0 Å². The van der Waals surface area contributed by atoms with E-state index in [0.29, 0.717) is 0 Å². The van der Waals surface area contributed by atoms with E-state index in [2.05, 4.69) is 4.74 Å². The van der Waals surface area contributed by atoms with Gasteiger partial charge in [-0.15, -0.1) is 11.6 Å². The van der Waals surface area contributed by atoms with E-state index in [4.69, 9.17) is 11.6 Å². The number of carbonyl (C=O) groups is 2. The van der Waals surface area contributed by atoms with Crippen LogP contribution in [0.2, 0.25) is 0 Å². The summed E-state index contributed by atoms with van der Waals surface area (Å²) in [5.41, 5.74) is 0. The van der Waals surface area contributed by atoms with E-state index in [0.717, 1.165) is 0 Å². The minimum Gasteiger partial charge on any atom is -0.453 e. The SMILES string of the molecule is COC(=O)NC(=O)C(C)Cl. The van der Waals surface area contributed by atoms with Crippen LogP contribution in [0.15, 0.2) is 0 Å². The number of hydrogen-bond donors (Lipinski definition) is 1. The molecule has 4 nitrogen and oxygen atoms in total. The molecule has 0 aliphatic carbocycles. The van der Waals surface area contributed by atoms with Gasteiger partial charge in [-0.05, 0) is 6.92 Å². The second kappa shape index (κ2) is 4.11. The largest absolute Gasteiger partial charge is 0.453 e. The van der Waals surface area contributed by atoms with Gasteiger partial charge in [0.15, 0.2) is 0 Å². The molecule has 1 atom stereocenters. The zero-order chi connectivity index (χ0) is 8.15. The van der Waals surface area contributed by atoms with Crippen molar-refractivity contribution in [3.63, 3.8) is 0 Å². The fraction of sp³-hybridized carbons (Fsp3) is 0.600. The number of alkyl carbamates (subject to hydrolysis) is 1. The number of imide groups is 1. The molecule has 0 heterocycles. The highest BCUT2D eigenvalue weighted by Crippen LogP contribution is 1.91. The molecule has 10 heavy (non-hydrogen) atoms. The van der Waals surface area contributed by atoms with Crippen molar-refractivity contribution in [3.05, 3.63) is 0 Å². The first kappa shape index (κ1) is 9.23. The molecular weight excluding hydrogens is 158 g/mol. The third kappa shape index (κ3) is 3.29. The highest BCUT2D eigenvalue weighted by Gasteiger charge is 2.11. The minimum absolute atomic E-state index is 0.562. The van der Waals surface area contributed by atoms with Gasteiger partial charge in [-0.2, -0.15) is 0 Å². The van der Waals surface area contributed by atoms with Crippen LogP contribution < -0.4 is 5.32 Å². The van der Waals surface area contributed by atoms with Gasteiger partial charge in [0.2, 0.25) is 5.91 Å². The number of carbonyl (C=O) groups excluding carboxylic acids is 2. The molecule has 5 heteroatoms. The number of hydrogen-bond acceptors (Lipinski definition) is 3. The van der Waals surface area contributed by atoms with Crippen LogP contribution in [0.4, 0.5) is 4.79 Å². The molecule has 0 aliphatic rings. The Balaban J connectivity index is 3.69. The van der Waals surface area contributed by atoms with Gasteiger partial charge in [0.1, 0.15) is 5.38 Å². The predicted octanol–water partition coefficient (Wildman–Crippen LogP) is 0.496. The van der Waals surface area contributed by atoms with Gasteiger partial charge >= 0.3 is 6.09 Å². The molecule has 0 fully saturated rings. The van der Waals surface area contributed by atoms with E-state index < -0.39 is 17.4 Å². The molecule has 0 bridgehead atoms. The van der Waals surface area contributed by atoms with E-state index in [-0.39, 0.29) is 0 Å². The fourth-order valence-electron chi connectivity index (χ4n) is 0.251. The fourth-order valence-corrected chi connectivity index (χ4v) is 0.306. The standard InChI is InChI=1S/C5H8ClNO3/c1-3(6)4(8)7-5(9)10-2/h3H,1-2H3,(H,7,8,9). The Labute approximate surface area is 63.5 Å². The van der Waals surface area contributed by atoms with Crippen LogP contribution in [0.5, 0.6) is 0 Å². The Kier molecular flexibility index (Phi) is 3.79. The van der Waals surface area contributed by atoms with E-state index in [1.54, 1.807) is 0 Å². The number of amides is 2. The minimum atomic E-state index is -0.794. The number of methoxy groups -OCH3 is 1. The highest BCUT2D eigenvalue weighted by molar-refractivity contribution is 6.31. The predicted molar refractivity (Wildman–Crippen MR) is 35.9 cm³/mol. The van der Waals surface area contributed by atoms with Crippen LogP contribution in [-0.2, 0) is 9.53 Å². The molecule has 0 radical (unpaired) electrons. The third-order valence-electron chi connectivity index (χ3n) is 0.772. The van der Waals surface area contributed by atoms with Crippen LogP contribution >= 0.6 is 11.6 Å². The molecule has 0 aliphatic heterocycles. The van der Waals surface area contributed by atoms with Gasteiger partial charge in [-0.1, -0.05) is 0 Å². The number of alkyl halides is 1. The van der Waals surface area contributed by atoms with Crippen LogP contribution in [0.1, 0.15) is 6.92 Å². The first-order valence-corrected chi connectivity index (χ1v) is 3.04. The van der Waals surface area contributed by atoms with Gasteiger partial charge < -0.3 is 4.74 Å². The van der Waals surface area contributed by atoms with Gasteiger partial charge in [-0.25, -0.2) is 4.79 Å². The van der Waals surface area contributed by atoms with Crippen molar-refractivity contribution in [1.82, 2.24) is 5.32 Å². The van der Waals surface area contributed by atoms with Gasteiger partial charge in [0.25, 0.3) is 0 Å². The summed E-state index contributed by atoms with van der Waals surface area (Å²) in [5.74, 6) is -0.562.